The number of benzene rings is 2. The van der Waals surface area contributed by atoms with E-state index >= 15 is 0 Å². The van der Waals surface area contributed by atoms with Gasteiger partial charge in [0.2, 0.25) is 0 Å². The molecule has 2 aromatic carbocycles. The summed E-state index contributed by atoms with van der Waals surface area (Å²) in [5, 5.41) is 7.44. The summed E-state index contributed by atoms with van der Waals surface area (Å²) in [6, 6.07) is 24.2. The molecule has 0 aliphatic heterocycles. The highest BCUT2D eigenvalue weighted by atomic mass is 16.3. The Labute approximate surface area is 144 Å². The van der Waals surface area contributed by atoms with E-state index in [1.165, 1.54) is 0 Å². The van der Waals surface area contributed by atoms with Crippen LogP contribution in [-0.2, 0) is 0 Å². The number of anilines is 1. The number of nitrogens with one attached hydrogen (secondary N) is 1. The maximum atomic E-state index is 12.8. The van der Waals surface area contributed by atoms with E-state index in [9.17, 15) is 4.79 Å². The molecule has 2 aromatic heterocycles. The molecule has 0 bridgehead atoms. The molecular weight excluding hydrogens is 314 g/mol. The van der Waals surface area contributed by atoms with Gasteiger partial charge in [0.05, 0.1) is 12.0 Å². The van der Waals surface area contributed by atoms with Gasteiger partial charge in [0, 0.05) is 11.8 Å². The summed E-state index contributed by atoms with van der Waals surface area (Å²) in [4.78, 5) is 12.8. The number of amides is 1. The average Bonchev–Trinajstić information content (AvgIpc) is 3.33. The van der Waals surface area contributed by atoms with Crippen LogP contribution < -0.4 is 5.32 Å². The third-order valence-electron chi connectivity index (χ3n) is 3.75. The van der Waals surface area contributed by atoms with Crippen molar-refractivity contribution in [1.82, 2.24) is 9.78 Å². The Hall–Kier alpha value is -3.60. The molecule has 0 saturated carbocycles. The second kappa shape index (κ2) is 6.49. The van der Waals surface area contributed by atoms with Gasteiger partial charge in [-0.3, -0.25) is 4.79 Å². The molecule has 1 N–H and O–H groups in total. The van der Waals surface area contributed by atoms with Crippen LogP contribution in [0.25, 0.3) is 17.1 Å². The van der Waals surface area contributed by atoms with Crippen molar-refractivity contribution in [2.75, 3.05) is 5.32 Å². The zero-order valence-electron chi connectivity index (χ0n) is 13.3. The first-order valence-corrected chi connectivity index (χ1v) is 7.87. The second-order valence-electron chi connectivity index (χ2n) is 5.46. The SMILES string of the molecule is O=C(Nc1ccccc1)c1cc(-c2ccco2)nn1-c1ccccc1. The molecule has 0 aliphatic carbocycles. The second-order valence-corrected chi connectivity index (χ2v) is 5.46. The van der Waals surface area contributed by atoms with Gasteiger partial charge in [-0.2, -0.15) is 5.10 Å². The Bertz CT molecular complexity index is 974. The van der Waals surface area contributed by atoms with Crippen LogP contribution in [0.4, 0.5) is 5.69 Å². The van der Waals surface area contributed by atoms with Gasteiger partial charge in [-0.1, -0.05) is 36.4 Å². The highest BCUT2D eigenvalue weighted by Crippen LogP contribution is 2.23. The summed E-state index contributed by atoms with van der Waals surface area (Å²) in [6.07, 6.45) is 1.58. The molecule has 1 amide bonds. The van der Waals surface area contributed by atoms with Crippen molar-refractivity contribution in [2.45, 2.75) is 0 Å². The van der Waals surface area contributed by atoms with E-state index in [2.05, 4.69) is 10.4 Å². The van der Waals surface area contributed by atoms with Crippen molar-refractivity contribution in [1.29, 1.82) is 0 Å². The molecule has 0 saturated heterocycles. The molecule has 122 valence electrons. The van der Waals surface area contributed by atoms with Gasteiger partial charge < -0.3 is 9.73 Å². The van der Waals surface area contributed by atoms with Crippen LogP contribution in [0.2, 0.25) is 0 Å². The normalized spacial score (nSPS) is 10.6. The Balaban J connectivity index is 1.76. The molecular formula is C20H15N3O2. The molecule has 0 unspecified atom stereocenters. The van der Waals surface area contributed by atoms with Gasteiger partial charge in [0.15, 0.2) is 5.76 Å². The zero-order valence-corrected chi connectivity index (χ0v) is 13.3. The van der Waals surface area contributed by atoms with E-state index in [-0.39, 0.29) is 5.91 Å². The fourth-order valence-corrected chi connectivity index (χ4v) is 2.57. The molecule has 4 aromatic rings. The first-order valence-electron chi connectivity index (χ1n) is 7.87. The van der Waals surface area contributed by atoms with E-state index in [1.54, 1.807) is 23.1 Å². The lowest BCUT2D eigenvalue weighted by atomic mass is 10.2. The Kier molecular flexibility index (Phi) is 3.88. The molecule has 0 atom stereocenters. The molecule has 2 heterocycles. The topological polar surface area (TPSA) is 60.1 Å². The fraction of sp³-hybridized carbons (Fsp3) is 0. The predicted molar refractivity (Wildman–Crippen MR) is 95.7 cm³/mol. The van der Waals surface area contributed by atoms with Crippen molar-refractivity contribution in [2.24, 2.45) is 0 Å². The van der Waals surface area contributed by atoms with Gasteiger partial charge >= 0.3 is 0 Å². The molecule has 5 heteroatoms. The number of rotatable bonds is 4. The lowest BCUT2D eigenvalue weighted by Gasteiger charge is -2.08. The summed E-state index contributed by atoms with van der Waals surface area (Å²) < 4.78 is 7.04. The summed E-state index contributed by atoms with van der Waals surface area (Å²) >= 11 is 0. The molecule has 0 radical (unpaired) electrons. The molecule has 0 aliphatic rings. The molecule has 4 rings (SSSR count). The number of furan rings is 1. The first kappa shape index (κ1) is 15.0. The lowest BCUT2D eigenvalue weighted by Crippen LogP contribution is -2.16. The maximum absolute atomic E-state index is 12.8. The Morgan fingerprint density at radius 2 is 1.64 bits per heavy atom. The Morgan fingerprint density at radius 1 is 0.920 bits per heavy atom. The minimum atomic E-state index is -0.236. The van der Waals surface area contributed by atoms with Crippen LogP contribution in [-0.4, -0.2) is 15.7 Å². The van der Waals surface area contributed by atoms with Gasteiger partial charge in [0.1, 0.15) is 11.4 Å². The van der Waals surface area contributed by atoms with E-state index < -0.39 is 0 Å². The number of carbonyl (C=O) groups is 1. The summed E-state index contributed by atoms with van der Waals surface area (Å²) in [5.41, 5.74) is 2.57. The number of aromatic nitrogens is 2. The standard InChI is InChI=1S/C20H15N3O2/c24-20(21-15-8-3-1-4-9-15)18-14-17(19-12-7-13-25-19)22-23(18)16-10-5-2-6-11-16/h1-14H,(H,21,24). The van der Waals surface area contributed by atoms with E-state index in [0.717, 1.165) is 11.4 Å². The number of carbonyl (C=O) groups excluding carboxylic acids is 1. The van der Waals surface area contributed by atoms with E-state index in [4.69, 9.17) is 4.42 Å². The van der Waals surface area contributed by atoms with Crippen molar-refractivity contribution in [3.05, 3.63) is 90.8 Å². The minimum Gasteiger partial charge on any atom is -0.463 e. The van der Waals surface area contributed by atoms with Crippen LogP contribution in [0.3, 0.4) is 0 Å². The average molecular weight is 329 g/mol. The minimum absolute atomic E-state index is 0.236. The van der Waals surface area contributed by atoms with E-state index in [0.29, 0.717) is 17.1 Å². The maximum Gasteiger partial charge on any atom is 0.274 e. The van der Waals surface area contributed by atoms with Gasteiger partial charge in [0.25, 0.3) is 5.91 Å². The van der Waals surface area contributed by atoms with Crippen LogP contribution in [0.5, 0.6) is 0 Å². The van der Waals surface area contributed by atoms with Crippen molar-refractivity contribution >= 4 is 11.6 Å². The molecule has 0 spiro atoms. The largest absolute Gasteiger partial charge is 0.463 e. The first-order chi connectivity index (χ1) is 12.3. The fourth-order valence-electron chi connectivity index (χ4n) is 2.57. The summed E-state index contributed by atoms with van der Waals surface area (Å²) in [7, 11) is 0. The number of nitrogens with zero attached hydrogens (tertiary/aromatic N) is 2. The number of para-hydroxylation sites is 2. The monoisotopic (exact) mass is 329 g/mol. The van der Waals surface area contributed by atoms with Gasteiger partial charge in [-0.15, -0.1) is 0 Å². The smallest absolute Gasteiger partial charge is 0.274 e. The highest BCUT2D eigenvalue weighted by Gasteiger charge is 2.18. The van der Waals surface area contributed by atoms with Crippen molar-refractivity contribution in [3.8, 4) is 17.1 Å². The third kappa shape index (κ3) is 3.07. The van der Waals surface area contributed by atoms with Gasteiger partial charge in [-0.05, 0) is 36.4 Å². The molecule has 0 fully saturated rings. The van der Waals surface area contributed by atoms with Crippen LogP contribution in [0.15, 0.2) is 89.5 Å². The number of hydrogen-bond donors (Lipinski definition) is 1. The van der Waals surface area contributed by atoms with Gasteiger partial charge in [-0.25, -0.2) is 4.68 Å². The molecule has 25 heavy (non-hydrogen) atoms. The van der Waals surface area contributed by atoms with Crippen LogP contribution in [0, 0.1) is 0 Å². The van der Waals surface area contributed by atoms with Crippen LogP contribution >= 0.6 is 0 Å². The third-order valence-corrected chi connectivity index (χ3v) is 3.75. The van der Waals surface area contributed by atoms with Crippen molar-refractivity contribution < 1.29 is 9.21 Å². The lowest BCUT2D eigenvalue weighted by molar-refractivity contribution is 0.101. The summed E-state index contributed by atoms with van der Waals surface area (Å²) in [6.45, 7) is 0. The number of hydrogen-bond acceptors (Lipinski definition) is 3. The Morgan fingerprint density at radius 3 is 2.32 bits per heavy atom. The van der Waals surface area contributed by atoms with E-state index in [1.807, 2.05) is 66.7 Å². The molecule has 5 nitrogen and oxygen atoms in total. The predicted octanol–water partition coefficient (Wildman–Crippen LogP) is 4.38. The zero-order chi connectivity index (χ0) is 17.1. The summed E-state index contributed by atoms with van der Waals surface area (Å²) in [5.74, 6) is 0.379. The quantitative estimate of drug-likeness (QED) is 0.604. The highest BCUT2D eigenvalue weighted by molar-refractivity contribution is 6.04. The van der Waals surface area contributed by atoms with Crippen molar-refractivity contribution in [3.63, 3.8) is 0 Å². The van der Waals surface area contributed by atoms with Crippen LogP contribution in [0.1, 0.15) is 10.5 Å².